The minimum atomic E-state index is 0.510. The van der Waals surface area contributed by atoms with Gasteiger partial charge in [-0.05, 0) is 31.2 Å². The van der Waals surface area contributed by atoms with Crippen LogP contribution in [0, 0.1) is 6.92 Å². The number of fused-ring (bicyclic) bond motifs is 2. The summed E-state index contributed by atoms with van der Waals surface area (Å²) in [6, 6.07) is 15.3. The third-order valence-corrected chi connectivity index (χ3v) is 3.75. The molecular weight excluding hydrogens is 331 g/mol. The first-order valence-electron chi connectivity index (χ1n) is 6.89. The Hall–Kier alpha value is -2.30. The Morgan fingerprint density at radius 1 is 0.696 bits per heavy atom. The highest BCUT2D eigenvalue weighted by Crippen LogP contribution is 2.19. The van der Waals surface area contributed by atoms with Crippen molar-refractivity contribution in [1.82, 2.24) is 19.9 Å². The number of aromatic nitrogens is 4. The summed E-state index contributed by atoms with van der Waals surface area (Å²) in [6.45, 7) is 1.83. The molecule has 0 atom stereocenters. The molecule has 0 aliphatic rings. The maximum Gasteiger partial charge on any atom is 0.140 e. The van der Waals surface area contributed by atoms with Crippen LogP contribution in [0.15, 0.2) is 54.9 Å². The van der Waals surface area contributed by atoms with Crippen LogP contribution in [0.3, 0.4) is 0 Å². The first-order chi connectivity index (χ1) is 11.1. The number of benzene rings is 2. The Morgan fingerprint density at radius 2 is 1.30 bits per heavy atom. The van der Waals surface area contributed by atoms with Gasteiger partial charge in [-0.2, -0.15) is 0 Å². The highest BCUT2D eigenvalue weighted by atomic mass is 35.5. The third-order valence-electron chi connectivity index (χ3n) is 3.16. The summed E-state index contributed by atoms with van der Waals surface area (Å²) in [4.78, 5) is 16.2. The zero-order valence-electron chi connectivity index (χ0n) is 12.2. The molecule has 0 aliphatic heterocycles. The van der Waals surface area contributed by atoms with E-state index in [9.17, 15) is 0 Å². The summed E-state index contributed by atoms with van der Waals surface area (Å²) in [6.07, 6.45) is 1.46. The molecular formula is C17H12Cl2N4. The normalized spacial score (nSPS) is 10.4. The highest BCUT2D eigenvalue weighted by molar-refractivity contribution is 6.34. The minimum absolute atomic E-state index is 0.510. The Balaban J connectivity index is 0.000000136. The Morgan fingerprint density at radius 3 is 2.00 bits per heavy atom. The molecule has 0 N–H and O–H groups in total. The molecule has 23 heavy (non-hydrogen) atoms. The number of hydrogen-bond acceptors (Lipinski definition) is 4. The molecule has 4 aromatic rings. The fraction of sp³-hybridized carbons (Fsp3) is 0.0588. The van der Waals surface area contributed by atoms with Crippen LogP contribution in [-0.2, 0) is 0 Å². The molecule has 0 fully saturated rings. The zero-order valence-corrected chi connectivity index (χ0v) is 13.8. The zero-order chi connectivity index (χ0) is 16.2. The Bertz CT molecular complexity index is 967. The van der Waals surface area contributed by atoms with Crippen LogP contribution < -0.4 is 0 Å². The second kappa shape index (κ2) is 6.86. The quantitative estimate of drug-likeness (QED) is 0.427. The molecule has 2 aromatic heterocycles. The van der Waals surface area contributed by atoms with Crippen LogP contribution >= 0.6 is 23.2 Å². The number of rotatable bonds is 0. The van der Waals surface area contributed by atoms with Gasteiger partial charge in [0.15, 0.2) is 0 Å². The van der Waals surface area contributed by atoms with Crippen molar-refractivity contribution in [2.24, 2.45) is 0 Å². The number of para-hydroxylation sites is 2. The summed E-state index contributed by atoms with van der Waals surface area (Å²) in [5.41, 5.74) is 1.78. The van der Waals surface area contributed by atoms with Gasteiger partial charge in [0.1, 0.15) is 22.5 Å². The van der Waals surface area contributed by atoms with Crippen LogP contribution in [-0.4, -0.2) is 19.9 Å². The van der Waals surface area contributed by atoms with Gasteiger partial charge >= 0.3 is 0 Å². The van der Waals surface area contributed by atoms with Crippen LogP contribution in [0.1, 0.15) is 5.82 Å². The molecule has 0 radical (unpaired) electrons. The first-order valence-corrected chi connectivity index (χ1v) is 7.65. The molecule has 0 saturated heterocycles. The van der Waals surface area contributed by atoms with E-state index < -0.39 is 0 Å². The second-order valence-corrected chi connectivity index (χ2v) is 5.48. The van der Waals surface area contributed by atoms with Crippen molar-refractivity contribution in [3.63, 3.8) is 0 Å². The third kappa shape index (κ3) is 3.55. The molecule has 2 heterocycles. The van der Waals surface area contributed by atoms with E-state index in [1.807, 2.05) is 55.5 Å². The van der Waals surface area contributed by atoms with Crippen molar-refractivity contribution in [2.75, 3.05) is 0 Å². The number of hydrogen-bond donors (Lipinski definition) is 0. The van der Waals surface area contributed by atoms with Gasteiger partial charge in [0.2, 0.25) is 0 Å². The number of halogens is 2. The SMILES string of the molecule is Cc1nc(Cl)c2ccccc2n1.Clc1ncnc2ccccc12. The van der Waals surface area contributed by atoms with Crippen molar-refractivity contribution < 1.29 is 0 Å². The van der Waals surface area contributed by atoms with E-state index in [2.05, 4.69) is 19.9 Å². The van der Waals surface area contributed by atoms with Gasteiger partial charge in [0.05, 0.1) is 11.0 Å². The Kier molecular flexibility index (Phi) is 4.65. The average molecular weight is 343 g/mol. The molecule has 2 aromatic carbocycles. The van der Waals surface area contributed by atoms with Gasteiger partial charge in [0.25, 0.3) is 0 Å². The monoisotopic (exact) mass is 342 g/mol. The van der Waals surface area contributed by atoms with E-state index in [1.54, 1.807) is 0 Å². The molecule has 0 amide bonds. The lowest BCUT2D eigenvalue weighted by molar-refractivity contribution is 1.09. The van der Waals surface area contributed by atoms with E-state index in [0.717, 1.165) is 21.8 Å². The molecule has 4 rings (SSSR count). The summed E-state index contributed by atoms with van der Waals surface area (Å²) < 4.78 is 0. The van der Waals surface area contributed by atoms with Crippen molar-refractivity contribution >= 4 is 45.0 Å². The lowest BCUT2D eigenvalue weighted by Gasteiger charge is -1.99. The Labute approximate surface area is 143 Å². The molecule has 0 spiro atoms. The lowest BCUT2D eigenvalue weighted by Crippen LogP contribution is -1.89. The van der Waals surface area contributed by atoms with Crippen LogP contribution in [0.4, 0.5) is 0 Å². The van der Waals surface area contributed by atoms with Gasteiger partial charge in [0, 0.05) is 10.8 Å². The fourth-order valence-corrected chi connectivity index (χ4v) is 2.60. The maximum absolute atomic E-state index is 5.91. The highest BCUT2D eigenvalue weighted by Gasteiger charge is 2.00. The lowest BCUT2D eigenvalue weighted by atomic mass is 10.2. The second-order valence-electron chi connectivity index (χ2n) is 4.76. The van der Waals surface area contributed by atoms with Gasteiger partial charge in [-0.1, -0.05) is 47.5 Å². The molecule has 0 bridgehead atoms. The first kappa shape index (κ1) is 15.6. The fourth-order valence-electron chi connectivity index (χ4n) is 2.12. The topological polar surface area (TPSA) is 51.6 Å². The van der Waals surface area contributed by atoms with E-state index in [4.69, 9.17) is 23.2 Å². The molecule has 0 aliphatic carbocycles. The van der Waals surface area contributed by atoms with Gasteiger partial charge in [-0.15, -0.1) is 0 Å². The molecule has 4 nitrogen and oxygen atoms in total. The van der Waals surface area contributed by atoms with Crippen molar-refractivity contribution in [1.29, 1.82) is 0 Å². The number of nitrogens with zero attached hydrogens (tertiary/aromatic N) is 4. The predicted octanol–water partition coefficient (Wildman–Crippen LogP) is 4.87. The standard InChI is InChI=1S/C9H7ClN2.C8H5ClN2/c1-6-11-8-5-3-2-4-7(8)9(10)12-6;9-8-6-3-1-2-4-7(6)10-5-11-8/h2-5H,1H3;1-5H. The van der Waals surface area contributed by atoms with Crippen molar-refractivity contribution in [3.8, 4) is 0 Å². The molecule has 0 saturated carbocycles. The summed E-state index contributed by atoms with van der Waals surface area (Å²) in [5.74, 6) is 0.707. The summed E-state index contributed by atoms with van der Waals surface area (Å²) in [5, 5.41) is 2.84. The number of aryl methyl sites for hydroxylation is 1. The van der Waals surface area contributed by atoms with Crippen LogP contribution in [0.5, 0.6) is 0 Å². The van der Waals surface area contributed by atoms with E-state index in [1.165, 1.54) is 6.33 Å². The van der Waals surface area contributed by atoms with Crippen molar-refractivity contribution in [2.45, 2.75) is 6.92 Å². The largest absolute Gasteiger partial charge is 0.236 e. The van der Waals surface area contributed by atoms with Gasteiger partial charge in [-0.25, -0.2) is 19.9 Å². The van der Waals surface area contributed by atoms with E-state index >= 15 is 0 Å². The summed E-state index contributed by atoms with van der Waals surface area (Å²) in [7, 11) is 0. The molecule has 0 unspecified atom stereocenters. The smallest absolute Gasteiger partial charge is 0.140 e. The molecule has 114 valence electrons. The van der Waals surface area contributed by atoms with E-state index in [-0.39, 0.29) is 0 Å². The molecule has 6 heteroatoms. The van der Waals surface area contributed by atoms with Gasteiger partial charge < -0.3 is 0 Å². The average Bonchev–Trinajstić information content (AvgIpc) is 2.56. The van der Waals surface area contributed by atoms with Gasteiger partial charge in [-0.3, -0.25) is 0 Å². The maximum atomic E-state index is 5.91. The van der Waals surface area contributed by atoms with Crippen LogP contribution in [0.2, 0.25) is 10.3 Å². The van der Waals surface area contributed by atoms with Crippen molar-refractivity contribution in [3.05, 3.63) is 71.0 Å². The minimum Gasteiger partial charge on any atom is -0.236 e. The predicted molar refractivity (Wildman–Crippen MR) is 93.8 cm³/mol. The van der Waals surface area contributed by atoms with E-state index in [0.29, 0.717) is 16.1 Å². The summed E-state index contributed by atoms with van der Waals surface area (Å²) >= 11 is 11.7. The van der Waals surface area contributed by atoms with Crippen LogP contribution in [0.25, 0.3) is 21.8 Å².